The van der Waals surface area contributed by atoms with Crippen LogP contribution in [0.15, 0.2) is 0 Å². The van der Waals surface area contributed by atoms with Crippen LogP contribution in [0.25, 0.3) is 0 Å². The van der Waals surface area contributed by atoms with Gasteiger partial charge < -0.3 is 10.1 Å². The minimum atomic E-state index is -3.21. The molecule has 0 saturated carbocycles. The predicted molar refractivity (Wildman–Crippen MR) is 102 cm³/mol. The monoisotopic (exact) mass is 402 g/mol. The number of sulfonamides is 1. The van der Waals surface area contributed by atoms with Crippen LogP contribution in [0.2, 0.25) is 0 Å². The van der Waals surface area contributed by atoms with E-state index in [1.807, 2.05) is 13.8 Å². The lowest BCUT2D eigenvalue weighted by Gasteiger charge is -2.30. The van der Waals surface area contributed by atoms with Crippen LogP contribution in [-0.4, -0.2) is 50.0 Å². The second-order valence-electron chi connectivity index (χ2n) is 6.27. The maximum atomic E-state index is 12.6. The van der Waals surface area contributed by atoms with Gasteiger partial charge in [-0.05, 0) is 46.1 Å². The first kappa shape index (κ1) is 20.9. The standard InChI is InChI=1S/C17H26N2O5S2/c1-5-24-17(21)14-11(3)12(4)25-16(14)18-15(20)13-7-9-19(10-8-13)26(22,23)6-2/h13H,5-10H2,1-4H3,(H,18,20). The molecule has 1 N–H and O–H groups in total. The SMILES string of the molecule is CCOC(=O)c1c(NC(=O)C2CCN(S(=O)(=O)CC)CC2)sc(C)c1C. The number of hydrogen-bond acceptors (Lipinski definition) is 6. The molecule has 0 aromatic carbocycles. The Labute approximate surface area is 158 Å². The van der Waals surface area contributed by atoms with Gasteiger partial charge in [-0.25, -0.2) is 17.5 Å². The van der Waals surface area contributed by atoms with Crippen LogP contribution < -0.4 is 5.32 Å². The quantitative estimate of drug-likeness (QED) is 0.738. The Kier molecular flexibility index (Phi) is 6.81. The van der Waals surface area contributed by atoms with Crippen LogP contribution in [0, 0.1) is 19.8 Å². The maximum absolute atomic E-state index is 12.6. The molecule has 2 rings (SSSR count). The van der Waals surface area contributed by atoms with E-state index in [9.17, 15) is 18.0 Å². The Balaban J connectivity index is 2.07. The fraction of sp³-hybridized carbons (Fsp3) is 0.647. The molecule has 1 amide bonds. The molecule has 9 heteroatoms. The summed E-state index contributed by atoms with van der Waals surface area (Å²) in [6, 6.07) is 0. The average molecular weight is 403 g/mol. The molecule has 1 fully saturated rings. The van der Waals surface area contributed by atoms with Crippen LogP contribution in [0.1, 0.15) is 47.5 Å². The number of rotatable bonds is 6. The lowest BCUT2D eigenvalue weighted by Crippen LogP contribution is -2.42. The number of carbonyl (C=O) groups excluding carboxylic acids is 2. The molecule has 146 valence electrons. The Morgan fingerprint density at radius 3 is 2.38 bits per heavy atom. The first-order valence-electron chi connectivity index (χ1n) is 8.77. The lowest BCUT2D eigenvalue weighted by atomic mass is 9.97. The van der Waals surface area contributed by atoms with E-state index in [1.54, 1.807) is 13.8 Å². The van der Waals surface area contributed by atoms with Gasteiger partial charge in [0.1, 0.15) is 5.00 Å². The van der Waals surface area contributed by atoms with E-state index >= 15 is 0 Å². The number of thiophene rings is 1. The highest BCUT2D eigenvalue weighted by Gasteiger charge is 2.31. The van der Waals surface area contributed by atoms with Crippen molar-refractivity contribution in [1.82, 2.24) is 4.31 Å². The van der Waals surface area contributed by atoms with Gasteiger partial charge in [0.25, 0.3) is 0 Å². The largest absolute Gasteiger partial charge is 0.462 e. The summed E-state index contributed by atoms with van der Waals surface area (Å²) in [5, 5.41) is 3.37. The molecule has 1 aliphatic heterocycles. The molecule has 0 bridgehead atoms. The number of nitrogens with one attached hydrogen (secondary N) is 1. The van der Waals surface area contributed by atoms with Crippen molar-refractivity contribution < 1.29 is 22.7 Å². The van der Waals surface area contributed by atoms with E-state index < -0.39 is 16.0 Å². The molecule has 1 aromatic heterocycles. The molecule has 0 unspecified atom stereocenters. The highest BCUT2D eigenvalue weighted by molar-refractivity contribution is 7.89. The number of anilines is 1. The topological polar surface area (TPSA) is 92.8 Å². The summed E-state index contributed by atoms with van der Waals surface area (Å²) >= 11 is 1.36. The lowest BCUT2D eigenvalue weighted by molar-refractivity contribution is -0.120. The highest BCUT2D eigenvalue weighted by atomic mass is 32.2. The number of amides is 1. The van der Waals surface area contributed by atoms with Crippen molar-refractivity contribution in [3.05, 3.63) is 16.0 Å². The first-order valence-corrected chi connectivity index (χ1v) is 11.2. The maximum Gasteiger partial charge on any atom is 0.341 e. The number of hydrogen-bond donors (Lipinski definition) is 1. The highest BCUT2D eigenvalue weighted by Crippen LogP contribution is 2.34. The van der Waals surface area contributed by atoms with Crippen molar-refractivity contribution in [3.8, 4) is 0 Å². The predicted octanol–water partition coefficient (Wildman–Crippen LogP) is 2.54. The van der Waals surface area contributed by atoms with Gasteiger partial charge in [0.2, 0.25) is 15.9 Å². The van der Waals surface area contributed by atoms with Crippen LogP contribution in [0.5, 0.6) is 0 Å². The number of piperidine rings is 1. The van der Waals surface area contributed by atoms with E-state index in [1.165, 1.54) is 15.6 Å². The summed E-state index contributed by atoms with van der Waals surface area (Å²) < 4.78 is 30.4. The summed E-state index contributed by atoms with van der Waals surface area (Å²) in [6.07, 6.45) is 0.951. The van der Waals surface area contributed by atoms with Gasteiger partial charge in [-0.2, -0.15) is 0 Å². The Morgan fingerprint density at radius 2 is 1.85 bits per heavy atom. The second kappa shape index (κ2) is 8.49. The van der Waals surface area contributed by atoms with E-state index in [2.05, 4.69) is 5.32 Å². The van der Waals surface area contributed by atoms with Crippen LogP contribution in [-0.2, 0) is 19.6 Å². The summed E-state index contributed by atoms with van der Waals surface area (Å²) in [5.41, 5.74) is 1.22. The Bertz CT molecular complexity index is 777. The van der Waals surface area contributed by atoms with Crippen LogP contribution in [0.4, 0.5) is 5.00 Å². The van der Waals surface area contributed by atoms with Crippen molar-refractivity contribution >= 4 is 38.2 Å². The number of esters is 1. The van der Waals surface area contributed by atoms with Gasteiger partial charge in [0.05, 0.1) is 17.9 Å². The fourth-order valence-electron chi connectivity index (χ4n) is 2.96. The van der Waals surface area contributed by atoms with Crippen LogP contribution >= 0.6 is 11.3 Å². The molecule has 26 heavy (non-hydrogen) atoms. The molecule has 1 aliphatic rings. The van der Waals surface area contributed by atoms with Crippen molar-refractivity contribution in [2.24, 2.45) is 5.92 Å². The summed E-state index contributed by atoms with van der Waals surface area (Å²) in [4.78, 5) is 25.8. The van der Waals surface area contributed by atoms with Gasteiger partial charge in [-0.1, -0.05) is 0 Å². The molecule has 7 nitrogen and oxygen atoms in total. The molecule has 0 atom stereocenters. The van der Waals surface area contributed by atoms with Crippen LogP contribution in [0.3, 0.4) is 0 Å². The third-order valence-corrected chi connectivity index (χ3v) is 7.69. The normalized spacial score (nSPS) is 16.5. The first-order chi connectivity index (χ1) is 12.2. The van der Waals surface area contributed by atoms with Gasteiger partial charge >= 0.3 is 5.97 Å². The zero-order valence-corrected chi connectivity index (χ0v) is 17.3. The van der Waals surface area contributed by atoms with Crippen molar-refractivity contribution in [3.63, 3.8) is 0 Å². The zero-order valence-electron chi connectivity index (χ0n) is 15.6. The number of ether oxygens (including phenoxy) is 1. The summed E-state index contributed by atoms with van der Waals surface area (Å²) in [5.74, 6) is -0.810. The minimum absolute atomic E-state index is 0.0700. The van der Waals surface area contributed by atoms with E-state index in [0.29, 0.717) is 36.5 Å². The van der Waals surface area contributed by atoms with Gasteiger partial charge in [0, 0.05) is 23.9 Å². The molecule has 1 aromatic rings. The number of aryl methyl sites for hydroxylation is 1. The third kappa shape index (κ3) is 4.44. The van der Waals surface area contributed by atoms with E-state index in [0.717, 1.165) is 10.4 Å². The number of nitrogens with zero attached hydrogens (tertiary/aromatic N) is 1. The second-order valence-corrected chi connectivity index (χ2v) is 9.75. The summed E-state index contributed by atoms with van der Waals surface area (Å²) in [6.45, 7) is 8.05. The van der Waals surface area contributed by atoms with Gasteiger partial charge in [0.15, 0.2) is 0 Å². The molecule has 0 spiro atoms. The molecule has 0 aliphatic carbocycles. The smallest absolute Gasteiger partial charge is 0.341 e. The third-order valence-electron chi connectivity index (χ3n) is 4.68. The molecule has 2 heterocycles. The molecule has 1 saturated heterocycles. The fourth-order valence-corrected chi connectivity index (χ4v) is 5.14. The van der Waals surface area contributed by atoms with Gasteiger partial charge in [-0.3, -0.25) is 4.79 Å². The molecular formula is C17H26N2O5S2. The number of carbonyl (C=O) groups is 2. The molecule has 0 radical (unpaired) electrons. The Hall–Kier alpha value is -1.45. The average Bonchev–Trinajstić information content (AvgIpc) is 2.89. The summed E-state index contributed by atoms with van der Waals surface area (Å²) in [7, 11) is -3.21. The van der Waals surface area contributed by atoms with Gasteiger partial charge in [-0.15, -0.1) is 11.3 Å². The zero-order chi connectivity index (χ0) is 19.5. The minimum Gasteiger partial charge on any atom is -0.462 e. The van der Waals surface area contributed by atoms with Crippen molar-refractivity contribution in [2.75, 3.05) is 30.8 Å². The molecular weight excluding hydrogens is 376 g/mol. The van der Waals surface area contributed by atoms with E-state index in [-0.39, 0.29) is 24.2 Å². The van der Waals surface area contributed by atoms with Crippen molar-refractivity contribution in [2.45, 2.75) is 40.5 Å². The van der Waals surface area contributed by atoms with E-state index in [4.69, 9.17) is 4.74 Å². The van der Waals surface area contributed by atoms with Crippen molar-refractivity contribution in [1.29, 1.82) is 0 Å². The Morgan fingerprint density at radius 1 is 1.23 bits per heavy atom.